The van der Waals surface area contributed by atoms with Crippen LogP contribution in [0.4, 0.5) is 0 Å². The summed E-state index contributed by atoms with van der Waals surface area (Å²) in [4.78, 5) is 0.389. The van der Waals surface area contributed by atoms with Gasteiger partial charge in [-0.25, -0.2) is 8.42 Å². The molecule has 2 aromatic carbocycles. The van der Waals surface area contributed by atoms with Crippen molar-refractivity contribution >= 4 is 10.0 Å². The molecule has 1 heterocycles. The molecule has 1 aliphatic heterocycles. The highest BCUT2D eigenvalue weighted by molar-refractivity contribution is 7.89. The van der Waals surface area contributed by atoms with Gasteiger partial charge in [-0.1, -0.05) is 30.7 Å². The highest BCUT2D eigenvalue weighted by atomic mass is 32.2. The summed E-state index contributed by atoms with van der Waals surface area (Å²) < 4.78 is 32.4. The molecule has 0 saturated carbocycles. The fourth-order valence-corrected chi connectivity index (χ4v) is 4.77. The van der Waals surface area contributed by atoms with Crippen molar-refractivity contribution in [3.63, 3.8) is 0 Å². The van der Waals surface area contributed by atoms with E-state index in [2.05, 4.69) is 5.32 Å². The number of benzene rings is 2. The van der Waals surface area contributed by atoms with E-state index in [1.165, 1.54) is 5.56 Å². The third-order valence-corrected chi connectivity index (χ3v) is 6.68. The zero-order valence-corrected chi connectivity index (χ0v) is 16.7. The van der Waals surface area contributed by atoms with E-state index < -0.39 is 10.0 Å². The fraction of sp³-hybridized carbons (Fsp3) is 0.429. The molecule has 0 spiro atoms. The molecule has 27 heavy (non-hydrogen) atoms. The molecule has 0 bridgehead atoms. The molecule has 1 fully saturated rings. The SMILES string of the molecule is CCOc1ccc(CNCc2ccc(S(=O)(=O)N3CCCCC3)cc2)cc1. The number of piperidine rings is 1. The first-order chi connectivity index (χ1) is 13.1. The van der Waals surface area contributed by atoms with Gasteiger partial charge in [-0.2, -0.15) is 4.31 Å². The lowest BCUT2D eigenvalue weighted by Gasteiger charge is -2.25. The first kappa shape index (κ1) is 19.9. The zero-order chi connectivity index (χ0) is 19.1. The van der Waals surface area contributed by atoms with Crippen LogP contribution in [-0.4, -0.2) is 32.4 Å². The third kappa shape index (κ3) is 5.31. The summed E-state index contributed by atoms with van der Waals surface area (Å²) in [6, 6.07) is 15.3. The predicted molar refractivity (Wildman–Crippen MR) is 107 cm³/mol. The zero-order valence-electron chi connectivity index (χ0n) is 15.9. The summed E-state index contributed by atoms with van der Waals surface area (Å²) in [7, 11) is -3.35. The van der Waals surface area contributed by atoms with E-state index in [-0.39, 0.29) is 0 Å². The van der Waals surface area contributed by atoms with Gasteiger partial charge >= 0.3 is 0 Å². The van der Waals surface area contributed by atoms with Gasteiger partial charge < -0.3 is 10.1 Å². The van der Waals surface area contributed by atoms with E-state index in [0.717, 1.165) is 37.1 Å². The first-order valence-corrected chi connectivity index (χ1v) is 11.0. The number of nitrogens with zero attached hydrogens (tertiary/aromatic N) is 1. The molecule has 146 valence electrons. The average molecular weight is 389 g/mol. The van der Waals surface area contributed by atoms with Crippen LogP contribution in [0, 0.1) is 0 Å². The third-order valence-electron chi connectivity index (χ3n) is 4.77. The van der Waals surface area contributed by atoms with Crippen LogP contribution in [0.5, 0.6) is 5.75 Å². The van der Waals surface area contributed by atoms with E-state index in [0.29, 0.717) is 31.1 Å². The molecular formula is C21H28N2O3S. The highest BCUT2D eigenvalue weighted by Gasteiger charge is 2.25. The average Bonchev–Trinajstić information content (AvgIpc) is 2.71. The van der Waals surface area contributed by atoms with E-state index in [9.17, 15) is 8.42 Å². The second kappa shape index (κ2) is 9.35. The van der Waals surface area contributed by atoms with Crippen LogP contribution in [0.1, 0.15) is 37.3 Å². The first-order valence-electron chi connectivity index (χ1n) is 9.61. The van der Waals surface area contributed by atoms with Crippen molar-refractivity contribution in [1.29, 1.82) is 0 Å². The summed E-state index contributed by atoms with van der Waals surface area (Å²) in [5.74, 6) is 0.881. The molecule has 1 N–H and O–H groups in total. The normalized spacial score (nSPS) is 15.6. The molecule has 0 radical (unpaired) electrons. The number of ether oxygens (including phenoxy) is 1. The van der Waals surface area contributed by atoms with Crippen LogP contribution >= 0.6 is 0 Å². The Bertz CT molecular complexity index is 812. The maximum atomic E-state index is 12.7. The van der Waals surface area contributed by atoms with Gasteiger partial charge in [0.15, 0.2) is 0 Å². The van der Waals surface area contributed by atoms with Crippen LogP contribution in [-0.2, 0) is 23.1 Å². The molecule has 0 atom stereocenters. The summed E-state index contributed by atoms with van der Waals surface area (Å²) in [6.45, 7) is 5.35. The van der Waals surface area contributed by atoms with Gasteiger partial charge in [0, 0.05) is 26.2 Å². The molecule has 6 heteroatoms. The molecule has 0 amide bonds. The van der Waals surface area contributed by atoms with Crippen LogP contribution in [0.3, 0.4) is 0 Å². The minimum atomic E-state index is -3.35. The second-order valence-corrected chi connectivity index (χ2v) is 8.73. The Kier molecular flexibility index (Phi) is 6.88. The number of sulfonamides is 1. The molecule has 2 aromatic rings. The van der Waals surface area contributed by atoms with Gasteiger partial charge in [0.05, 0.1) is 11.5 Å². The topological polar surface area (TPSA) is 58.6 Å². The number of hydrogen-bond acceptors (Lipinski definition) is 4. The van der Waals surface area contributed by atoms with Crippen molar-refractivity contribution < 1.29 is 13.2 Å². The van der Waals surface area contributed by atoms with E-state index in [1.807, 2.05) is 43.3 Å². The second-order valence-electron chi connectivity index (χ2n) is 6.79. The van der Waals surface area contributed by atoms with Gasteiger partial charge in [0.2, 0.25) is 10.0 Å². The van der Waals surface area contributed by atoms with Gasteiger partial charge in [-0.05, 0) is 55.2 Å². The lowest BCUT2D eigenvalue weighted by molar-refractivity contribution is 0.340. The molecule has 1 saturated heterocycles. The minimum Gasteiger partial charge on any atom is -0.494 e. The fourth-order valence-electron chi connectivity index (χ4n) is 3.25. The van der Waals surface area contributed by atoms with Crippen LogP contribution in [0.2, 0.25) is 0 Å². The Morgan fingerprint density at radius 3 is 2.00 bits per heavy atom. The van der Waals surface area contributed by atoms with Crippen molar-refractivity contribution in [1.82, 2.24) is 9.62 Å². The Balaban J connectivity index is 1.53. The number of nitrogens with one attached hydrogen (secondary N) is 1. The molecule has 0 aromatic heterocycles. The molecular weight excluding hydrogens is 360 g/mol. The van der Waals surface area contributed by atoms with Crippen molar-refractivity contribution in [3.05, 3.63) is 59.7 Å². The predicted octanol–water partition coefficient (Wildman–Crippen LogP) is 3.55. The Morgan fingerprint density at radius 2 is 1.44 bits per heavy atom. The molecule has 5 nitrogen and oxygen atoms in total. The van der Waals surface area contributed by atoms with E-state index in [1.54, 1.807) is 16.4 Å². The largest absolute Gasteiger partial charge is 0.494 e. The van der Waals surface area contributed by atoms with E-state index >= 15 is 0 Å². The lowest BCUT2D eigenvalue weighted by Crippen LogP contribution is -2.35. The van der Waals surface area contributed by atoms with Crippen LogP contribution in [0.25, 0.3) is 0 Å². The maximum absolute atomic E-state index is 12.7. The highest BCUT2D eigenvalue weighted by Crippen LogP contribution is 2.21. The molecule has 1 aliphatic rings. The van der Waals surface area contributed by atoms with Crippen molar-refractivity contribution in [2.24, 2.45) is 0 Å². The molecule has 3 rings (SSSR count). The van der Waals surface area contributed by atoms with Crippen LogP contribution in [0.15, 0.2) is 53.4 Å². The van der Waals surface area contributed by atoms with Gasteiger partial charge in [-0.3, -0.25) is 0 Å². The molecule has 0 unspecified atom stereocenters. The summed E-state index contributed by atoms with van der Waals surface area (Å²) in [5, 5.41) is 3.39. The number of hydrogen-bond donors (Lipinski definition) is 1. The van der Waals surface area contributed by atoms with E-state index in [4.69, 9.17) is 4.74 Å². The molecule has 0 aliphatic carbocycles. The van der Waals surface area contributed by atoms with Crippen molar-refractivity contribution in [2.75, 3.05) is 19.7 Å². The quantitative estimate of drug-likeness (QED) is 0.751. The Morgan fingerprint density at radius 1 is 0.889 bits per heavy atom. The summed E-state index contributed by atoms with van der Waals surface area (Å²) in [5.41, 5.74) is 2.25. The summed E-state index contributed by atoms with van der Waals surface area (Å²) in [6.07, 6.45) is 3.02. The van der Waals surface area contributed by atoms with Gasteiger partial charge in [-0.15, -0.1) is 0 Å². The monoisotopic (exact) mass is 388 g/mol. The Labute approximate surface area is 162 Å². The smallest absolute Gasteiger partial charge is 0.243 e. The number of rotatable bonds is 8. The van der Waals surface area contributed by atoms with Crippen molar-refractivity contribution in [2.45, 2.75) is 44.2 Å². The van der Waals surface area contributed by atoms with Gasteiger partial charge in [0.1, 0.15) is 5.75 Å². The van der Waals surface area contributed by atoms with Gasteiger partial charge in [0.25, 0.3) is 0 Å². The minimum absolute atomic E-state index is 0.389. The van der Waals surface area contributed by atoms with Crippen LogP contribution < -0.4 is 10.1 Å². The Hall–Kier alpha value is -1.89. The van der Waals surface area contributed by atoms with Crippen molar-refractivity contribution in [3.8, 4) is 5.75 Å². The summed E-state index contributed by atoms with van der Waals surface area (Å²) >= 11 is 0. The maximum Gasteiger partial charge on any atom is 0.243 e. The standard InChI is InChI=1S/C21H28N2O3S/c1-2-26-20-10-6-18(7-11-20)16-22-17-19-8-12-21(13-9-19)27(24,25)23-14-4-3-5-15-23/h6-13,22H,2-5,14-17H2,1H3. The lowest BCUT2D eigenvalue weighted by atomic mass is 10.2.